The highest BCUT2D eigenvalue weighted by Gasteiger charge is 2.30. The van der Waals surface area contributed by atoms with Crippen LogP contribution in [0.5, 0.6) is 0 Å². The summed E-state index contributed by atoms with van der Waals surface area (Å²) in [7, 11) is 3.69. The van der Waals surface area contributed by atoms with Crippen LogP contribution in [0.25, 0.3) is 0 Å². The van der Waals surface area contributed by atoms with Crippen molar-refractivity contribution >= 4 is 16.5 Å². The van der Waals surface area contributed by atoms with Gasteiger partial charge >= 0.3 is 0 Å². The van der Waals surface area contributed by atoms with Crippen molar-refractivity contribution in [3.05, 3.63) is 10.6 Å². The van der Waals surface area contributed by atoms with Crippen molar-refractivity contribution < 1.29 is 4.74 Å². The molecular formula is C12H21N3OS. The van der Waals surface area contributed by atoms with Gasteiger partial charge in [-0.25, -0.2) is 4.98 Å². The van der Waals surface area contributed by atoms with Gasteiger partial charge in [-0.05, 0) is 26.8 Å². The fourth-order valence-corrected chi connectivity index (χ4v) is 3.19. The molecule has 0 radical (unpaired) electrons. The van der Waals surface area contributed by atoms with E-state index in [-0.39, 0.29) is 0 Å². The molecule has 0 bridgehead atoms. The molecule has 1 heterocycles. The van der Waals surface area contributed by atoms with Crippen molar-refractivity contribution in [3.63, 3.8) is 0 Å². The van der Waals surface area contributed by atoms with E-state index in [9.17, 15) is 0 Å². The van der Waals surface area contributed by atoms with Gasteiger partial charge in [0.1, 0.15) is 0 Å². The van der Waals surface area contributed by atoms with Gasteiger partial charge in [0.2, 0.25) is 0 Å². The molecule has 96 valence electrons. The summed E-state index contributed by atoms with van der Waals surface area (Å²) in [6, 6.07) is 0.726. The summed E-state index contributed by atoms with van der Waals surface area (Å²) in [5, 5.41) is 4.35. The lowest BCUT2D eigenvalue weighted by atomic mass is 10.4. The Morgan fingerprint density at radius 3 is 2.82 bits per heavy atom. The minimum atomic E-state index is 0.607. The zero-order valence-corrected chi connectivity index (χ0v) is 11.6. The summed E-state index contributed by atoms with van der Waals surface area (Å²) in [5.41, 5.74) is 1.08. The number of methoxy groups -OCH3 is 1. The molecule has 0 unspecified atom stereocenters. The van der Waals surface area contributed by atoms with E-state index in [4.69, 9.17) is 9.72 Å². The first-order chi connectivity index (χ1) is 8.30. The van der Waals surface area contributed by atoms with Gasteiger partial charge in [-0.1, -0.05) is 0 Å². The quantitative estimate of drug-likeness (QED) is 0.808. The summed E-state index contributed by atoms with van der Waals surface area (Å²) in [4.78, 5) is 8.44. The molecule has 1 aromatic heterocycles. The van der Waals surface area contributed by atoms with Crippen LogP contribution in [0.2, 0.25) is 0 Å². The lowest BCUT2D eigenvalue weighted by Crippen LogP contribution is -2.24. The maximum absolute atomic E-state index is 5.22. The lowest BCUT2D eigenvalue weighted by Gasteiger charge is -2.18. The van der Waals surface area contributed by atoms with Crippen LogP contribution >= 0.6 is 11.3 Å². The van der Waals surface area contributed by atoms with Crippen LogP contribution in [-0.4, -0.2) is 31.7 Å². The standard InChI is InChI=1S/C12H21N3OS/c1-4-15(9-5-6-9)12-14-10(8-16-3)11(17-12)7-13-2/h9,13H,4-8H2,1-3H3. The Morgan fingerprint density at radius 2 is 2.29 bits per heavy atom. The number of rotatable bonds is 7. The molecule has 0 aromatic carbocycles. The number of aromatic nitrogens is 1. The summed E-state index contributed by atoms with van der Waals surface area (Å²) in [6.45, 7) is 4.73. The first kappa shape index (κ1) is 12.8. The SMILES string of the molecule is CCN(c1nc(COC)c(CNC)s1)C1CC1. The van der Waals surface area contributed by atoms with Gasteiger partial charge in [0.05, 0.1) is 12.3 Å². The van der Waals surface area contributed by atoms with Gasteiger partial charge in [0, 0.05) is 31.1 Å². The third-order valence-electron chi connectivity index (χ3n) is 2.96. The molecule has 2 rings (SSSR count). The summed E-state index contributed by atoms with van der Waals surface area (Å²) >= 11 is 1.80. The Labute approximate surface area is 107 Å². The molecular weight excluding hydrogens is 234 g/mol. The van der Waals surface area contributed by atoms with Crippen LogP contribution in [0.3, 0.4) is 0 Å². The molecule has 17 heavy (non-hydrogen) atoms. The van der Waals surface area contributed by atoms with Crippen molar-refractivity contribution in [1.29, 1.82) is 0 Å². The molecule has 1 aliphatic rings. The third-order valence-corrected chi connectivity index (χ3v) is 4.09. The van der Waals surface area contributed by atoms with E-state index in [0.717, 1.165) is 30.0 Å². The minimum Gasteiger partial charge on any atom is -0.378 e. The summed E-state index contributed by atoms with van der Waals surface area (Å²) < 4.78 is 5.22. The minimum absolute atomic E-state index is 0.607. The lowest BCUT2D eigenvalue weighted by molar-refractivity contribution is 0.181. The van der Waals surface area contributed by atoms with Crippen LogP contribution in [0, 0.1) is 0 Å². The molecule has 1 N–H and O–H groups in total. The molecule has 1 saturated carbocycles. The molecule has 0 atom stereocenters. The Morgan fingerprint density at radius 1 is 1.53 bits per heavy atom. The molecule has 1 aromatic rings. The van der Waals surface area contributed by atoms with Gasteiger partial charge in [0.15, 0.2) is 5.13 Å². The summed E-state index contributed by atoms with van der Waals surface area (Å²) in [5.74, 6) is 0. The highest BCUT2D eigenvalue weighted by molar-refractivity contribution is 7.15. The number of thiazole rings is 1. The molecule has 4 nitrogen and oxygen atoms in total. The Bertz CT molecular complexity index is 339. The number of hydrogen-bond acceptors (Lipinski definition) is 5. The Balaban J connectivity index is 2.18. The van der Waals surface area contributed by atoms with Crippen LogP contribution in [0.15, 0.2) is 0 Å². The molecule has 0 saturated heterocycles. The highest BCUT2D eigenvalue weighted by atomic mass is 32.1. The molecule has 0 amide bonds. The van der Waals surface area contributed by atoms with Crippen LogP contribution in [0.4, 0.5) is 5.13 Å². The van der Waals surface area contributed by atoms with Gasteiger partial charge in [-0.15, -0.1) is 11.3 Å². The van der Waals surface area contributed by atoms with Crippen LogP contribution < -0.4 is 10.2 Å². The Hall–Kier alpha value is -0.650. The van der Waals surface area contributed by atoms with E-state index in [1.807, 2.05) is 7.05 Å². The monoisotopic (exact) mass is 255 g/mol. The zero-order chi connectivity index (χ0) is 12.3. The number of nitrogens with one attached hydrogen (secondary N) is 1. The van der Waals surface area contributed by atoms with E-state index >= 15 is 0 Å². The second-order valence-electron chi connectivity index (χ2n) is 4.35. The second kappa shape index (κ2) is 5.80. The highest BCUT2D eigenvalue weighted by Crippen LogP contribution is 2.35. The molecule has 1 fully saturated rings. The largest absolute Gasteiger partial charge is 0.378 e. The molecule has 0 spiro atoms. The number of anilines is 1. The van der Waals surface area contributed by atoms with Gasteiger partial charge in [-0.2, -0.15) is 0 Å². The fraction of sp³-hybridized carbons (Fsp3) is 0.750. The van der Waals surface area contributed by atoms with Crippen LogP contribution in [-0.2, 0) is 17.9 Å². The predicted molar refractivity (Wildman–Crippen MR) is 71.6 cm³/mol. The van der Waals surface area contributed by atoms with E-state index in [1.54, 1.807) is 18.4 Å². The van der Waals surface area contributed by atoms with E-state index in [1.165, 1.54) is 17.7 Å². The average molecular weight is 255 g/mol. The Kier molecular flexibility index (Phi) is 4.36. The maximum Gasteiger partial charge on any atom is 0.186 e. The van der Waals surface area contributed by atoms with Crippen molar-refractivity contribution in [2.45, 2.75) is 39.0 Å². The van der Waals surface area contributed by atoms with E-state index < -0.39 is 0 Å². The molecule has 1 aliphatic carbocycles. The van der Waals surface area contributed by atoms with Gasteiger partial charge < -0.3 is 15.0 Å². The normalized spacial score (nSPS) is 15.2. The van der Waals surface area contributed by atoms with Gasteiger partial charge in [-0.3, -0.25) is 0 Å². The number of hydrogen-bond donors (Lipinski definition) is 1. The second-order valence-corrected chi connectivity index (χ2v) is 5.41. The van der Waals surface area contributed by atoms with Crippen molar-refractivity contribution in [1.82, 2.24) is 10.3 Å². The fourth-order valence-electron chi connectivity index (χ4n) is 1.98. The zero-order valence-electron chi connectivity index (χ0n) is 10.8. The predicted octanol–water partition coefficient (Wildman–Crippen LogP) is 2.00. The topological polar surface area (TPSA) is 37.4 Å². The first-order valence-electron chi connectivity index (χ1n) is 6.18. The van der Waals surface area contributed by atoms with Gasteiger partial charge in [0.25, 0.3) is 0 Å². The van der Waals surface area contributed by atoms with E-state index in [0.29, 0.717) is 6.61 Å². The summed E-state index contributed by atoms with van der Waals surface area (Å²) in [6.07, 6.45) is 2.63. The smallest absolute Gasteiger partial charge is 0.186 e. The number of nitrogens with zero attached hydrogens (tertiary/aromatic N) is 2. The van der Waals surface area contributed by atoms with Crippen molar-refractivity contribution in [2.24, 2.45) is 0 Å². The molecule has 0 aliphatic heterocycles. The molecule has 5 heteroatoms. The first-order valence-corrected chi connectivity index (χ1v) is 7.00. The van der Waals surface area contributed by atoms with E-state index in [2.05, 4.69) is 17.1 Å². The average Bonchev–Trinajstić information content (AvgIpc) is 3.06. The number of ether oxygens (including phenoxy) is 1. The third kappa shape index (κ3) is 2.97. The van der Waals surface area contributed by atoms with Crippen LogP contribution in [0.1, 0.15) is 30.3 Å². The van der Waals surface area contributed by atoms with Crippen molar-refractivity contribution in [2.75, 3.05) is 25.6 Å². The maximum atomic E-state index is 5.22. The van der Waals surface area contributed by atoms with Crippen molar-refractivity contribution in [3.8, 4) is 0 Å².